The standard InChI is InChI=1S/C13H16N4O2/c1-9(2)8-14-11-5-6-12(17-16-11)15-13(18)10-4-3-7-19-10/h3-7,9H,8H2,1-2H3,(H,14,16)(H,15,17,18). The highest BCUT2D eigenvalue weighted by molar-refractivity contribution is 6.01. The van der Waals surface area contributed by atoms with E-state index in [0.29, 0.717) is 17.6 Å². The van der Waals surface area contributed by atoms with Crippen molar-refractivity contribution in [3.63, 3.8) is 0 Å². The van der Waals surface area contributed by atoms with Crippen LogP contribution in [0, 0.1) is 5.92 Å². The van der Waals surface area contributed by atoms with Gasteiger partial charge in [-0.1, -0.05) is 13.8 Å². The zero-order valence-electron chi connectivity index (χ0n) is 10.9. The summed E-state index contributed by atoms with van der Waals surface area (Å²) in [6.45, 7) is 5.05. The molecule has 0 aromatic carbocycles. The molecule has 0 spiro atoms. The van der Waals surface area contributed by atoms with Crippen molar-refractivity contribution in [1.29, 1.82) is 0 Å². The summed E-state index contributed by atoms with van der Waals surface area (Å²) in [5.74, 6) is 1.49. The van der Waals surface area contributed by atoms with Gasteiger partial charge in [-0.2, -0.15) is 0 Å². The van der Waals surface area contributed by atoms with Gasteiger partial charge in [-0.05, 0) is 30.2 Å². The van der Waals surface area contributed by atoms with E-state index in [1.165, 1.54) is 6.26 Å². The fraction of sp³-hybridized carbons (Fsp3) is 0.308. The molecule has 2 rings (SSSR count). The number of hydrogen-bond donors (Lipinski definition) is 2. The molecule has 100 valence electrons. The maximum absolute atomic E-state index is 11.7. The second-order valence-corrected chi connectivity index (χ2v) is 4.51. The number of nitrogens with zero attached hydrogens (tertiary/aromatic N) is 2. The van der Waals surface area contributed by atoms with Crippen molar-refractivity contribution >= 4 is 17.5 Å². The zero-order valence-corrected chi connectivity index (χ0v) is 10.9. The van der Waals surface area contributed by atoms with Crippen LogP contribution in [0.2, 0.25) is 0 Å². The molecule has 2 aromatic heterocycles. The molecule has 0 radical (unpaired) electrons. The Bertz CT molecular complexity index is 520. The molecule has 2 N–H and O–H groups in total. The number of anilines is 2. The summed E-state index contributed by atoms with van der Waals surface area (Å²) < 4.78 is 4.98. The van der Waals surface area contributed by atoms with Crippen molar-refractivity contribution in [1.82, 2.24) is 10.2 Å². The van der Waals surface area contributed by atoms with Gasteiger partial charge < -0.3 is 15.1 Å². The van der Waals surface area contributed by atoms with Gasteiger partial charge in [0.2, 0.25) is 0 Å². The lowest BCUT2D eigenvalue weighted by Crippen LogP contribution is -2.13. The van der Waals surface area contributed by atoms with Gasteiger partial charge in [0.1, 0.15) is 5.82 Å². The molecule has 0 aliphatic carbocycles. The summed E-state index contributed by atoms with van der Waals surface area (Å²) in [5.41, 5.74) is 0. The van der Waals surface area contributed by atoms with Crippen molar-refractivity contribution < 1.29 is 9.21 Å². The molecular weight excluding hydrogens is 244 g/mol. The number of hydrogen-bond acceptors (Lipinski definition) is 5. The third-order valence-corrected chi connectivity index (χ3v) is 2.34. The molecule has 6 heteroatoms. The topological polar surface area (TPSA) is 80.0 Å². The molecule has 0 atom stereocenters. The Kier molecular flexibility index (Phi) is 4.12. The van der Waals surface area contributed by atoms with E-state index in [0.717, 1.165) is 6.54 Å². The number of carbonyl (C=O) groups excluding carboxylic acids is 1. The first-order chi connectivity index (χ1) is 9.15. The number of furan rings is 1. The monoisotopic (exact) mass is 260 g/mol. The third-order valence-electron chi connectivity index (χ3n) is 2.34. The molecule has 0 bridgehead atoms. The Morgan fingerprint density at radius 1 is 1.26 bits per heavy atom. The zero-order chi connectivity index (χ0) is 13.7. The Morgan fingerprint density at radius 3 is 2.58 bits per heavy atom. The van der Waals surface area contributed by atoms with Crippen LogP contribution < -0.4 is 10.6 Å². The van der Waals surface area contributed by atoms with Gasteiger partial charge in [-0.15, -0.1) is 10.2 Å². The Balaban J connectivity index is 1.93. The van der Waals surface area contributed by atoms with Crippen LogP contribution in [0.4, 0.5) is 11.6 Å². The highest BCUT2D eigenvalue weighted by atomic mass is 16.3. The predicted molar refractivity (Wildman–Crippen MR) is 72.0 cm³/mol. The van der Waals surface area contributed by atoms with Crippen LogP contribution >= 0.6 is 0 Å². The van der Waals surface area contributed by atoms with Crippen molar-refractivity contribution in [2.75, 3.05) is 17.2 Å². The van der Waals surface area contributed by atoms with Gasteiger partial charge in [0.15, 0.2) is 11.6 Å². The van der Waals surface area contributed by atoms with Crippen molar-refractivity contribution in [3.05, 3.63) is 36.3 Å². The van der Waals surface area contributed by atoms with Crippen LogP contribution in [-0.2, 0) is 0 Å². The van der Waals surface area contributed by atoms with E-state index in [1.807, 2.05) is 0 Å². The van der Waals surface area contributed by atoms with E-state index in [1.54, 1.807) is 24.3 Å². The van der Waals surface area contributed by atoms with Crippen molar-refractivity contribution in [2.24, 2.45) is 5.92 Å². The smallest absolute Gasteiger partial charge is 0.292 e. The molecule has 2 heterocycles. The highest BCUT2D eigenvalue weighted by Gasteiger charge is 2.09. The van der Waals surface area contributed by atoms with Crippen molar-refractivity contribution in [2.45, 2.75) is 13.8 Å². The van der Waals surface area contributed by atoms with Gasteiger partial charge in [-0.25, -0.2) is 0 Å². The first-order valence-corrected chi connectivity index (χ1v) is 6.07. The van der Waals surface area contributed by atoms with Crippen LogP contribution in [0.5, 0.6) is 0 Å². The molecule has 2 aromatic rings. The van der Waals surface area contributed by atoms with E-state index < -0.39 is 0 Å². The Hall–Kier alpha value is -2.37. The molecule has 0 aliphatic rings. The third kappa shape index (κ3) is 3.80. The fourth-order valence-electron chi connectivity index (χ4n) is 1.39. The van der Waals surface area contributed by atoms with Crippen LogP contribution in [-0.4, -0.2) is 22.6 Å². The molecule has 19 heavy (non-hydrogen) atoms. The predicted octanol–water partition coefficient (Wildman–Crippen LogP) is 2.39. The maximum Gasteiger partial charge on any atom is 0.292 e. The lowest BCUT2D eigenvalue weighted by molar-refractivity contribution is 0.0996. The molecule has 6 nitrogen and oxygen atoms in total. The molecule has 0 unspecified atom stereocenters. The maximum atomic E-state index is 11.7. The van der Waals surface area contributed by atoms with Gasteiger partial charge in [0.25, 0.3) is 5.91 Å². The van der Waals surface area contributed by atoms with Crippen LogP contribution in [0.15, 0.2) is 34.9 Å². The van der Waals surface area contributed by atoms with E-state index in [-0.39, 0.29) is 11.7 Å². The van der Waals surface area contributed by atoms with E-state index in [2.05, 4.69) is 34.7 Å². The van der Waals surface area contributed by atoms with Crippen LogP contribution in [0.3, 0.4) is 0 Å². The Labute approximate surface area is 111 Å². The summed E-state index contributed by atoms with van der Waals surface area (Å²) in [5, 5.41) is 13.6. The van der Waals surface area contributed by atoms with Gasteiger partial charge in [0, 0.05) is 6.54 Å². The number of rotatable bonds is 5. The van der Waals surface area contributed by atoms with E-state index in [9.17, 15) is 4.79 Å². The van der Waals surface area contributed by atoms with E-state index >= 15 is 0 Å². The second-order valence-electron chi connectivity index (χ2n) is 4.51. The minimum atomic E-state index is -0.345. The molecule has 0 saturated heterocycles. The number of nitrogens with one attached hydrogen (secondary N) is 2. The average molecular weight is 260 g/mol. The fourth-order valence-corrected chi connectivity index (χ4v) is 1.39. The summed E-state index contributed by atoms with van der Waals surface area (Å²) >= 11 is 0. The molecular formula is C13H16N4O2. The largest absolute Gasteiger partial charge is 0.459 e. The lowest BCUT2D eigenvalue weighted by Gasteiger charge is -2.07. The first kappa shape index (κ1) is 13.1. The SMILES string of the molecule is CC(C)CNc1ccc(NC(=O)c2ccco2)nn1. The minimum Gasteiger partial charge on any atom is -0.459 e. The lowest BCUT2D eigenvalue weighted by atomic mass is 10.2. The molecule has 0 fully saturated rings. The summed E-state index contributed by atoms with van der Waals surface area (Å²) in [6.07, 6.45) is 1.44. The molecule has 0 saturated carbocycles. The summed E-state index contributed by atoms with van der Waals surface area (Å²) in [6, 6.07) is 6.70. The quantitative estimate of drug-likeness (QED) is 0.862. The normalized spacial score (nSPS) is 10.5. The summed E-state index contributed by atoms with van der Waals surface area (Å²) in [7, 11) is 0. The molecule has 0 aliphatic heterocycles. The van der Waals surface area contributed by atoms with Crippen LogP contribution in [0.1, 0.15) is 24.4 Å². The number of amides is 1. The number of carbonyl (C=O) groups is 1. The average Bonchev–Trinajstić information content (AvgIpc) is 2.92. The minimum absolute atomic E-state index is 0.240. The second kappa shape index (κ2) is 5.99. The van der Waals surface area contributed by atoms with Crippen LogP contribution in [0.25, 0.3) is 0 Å². The first-order valence-electron chi connectivity index (χ1n) is 6.07. The number of aromatic nitrogens is 2. The molecule has 1 amide bonds. The van der Waals surface area contributed by atoms with E-state index in [4.69, 9.17) is 4.42 Å². The Morgan fingerprint density at radius 2 is 2.00 bits per heavy atom. The highest BCUT2D eigenvalue weighted by Crippen LogP contribution is 2.09. The summed E-state index contributed by atoms with van der Waals surface area (Å²) in [4.78, 5) is 11.7. The van der Waals surface area contributed by atoms with Crippen molar-refractivity contribution in [3.8, 4) is 0 Å². The van der Waals surface area contributed by atoms with Gasteiger partial charge in [0.05, 0.1) is 6.26 Å². The van der Waals surface area contributed by atoms with Gasteiger partial charge >= 0.3 is 0 Å². The van der Waals surface area contributed by atoms with Gasteiger partial charge in [-0.3, -0.25) is 4.79 Å².